The molecule has 24 heavy (non-hydrogen) atoms. The van der Waals surface area contributed by atoms with E-state index in [0.29, 0.717) is 10.8 Å². The largest absolute Gasteiger partial charge is 0.481 e. The molecule has 130 valence electrons. The zero-order valence-electron chi connectivity index (χ0n) is 13.0. The van der Waals surface area contributed by atoms with Crippen LogP contribution in [-0.2, 0) is 4.79 Å². The van der Waals surface area contributed by atoms with Crippen molar-refractivity contribution >= 4 is 17.6 Å². The van der Waals surface area contributed by atoms with Crippen LogP contribution >= 0.6 is 11.6 Å². The monoisotopic (exact) mass is 356 g/mol. The van der Waals surface area contributed by atoms with E-state index < -0.39 is 5.97 Å². The van der Waals surface area contributed by atoms with Crippen molar-refractivity contribution in [1.29, 1.82) is 0 Å². The molecule has 3 N–H and O–H groups in total. The Morgan fingerprint density at radius 1 is 1.42 bits per heavy atom. The SMILES string of the molecule is CC(=O)O.O=c1cc([C@@H]2CCN[C@@H](c3ccc(F)cc3Cl)C2)o[nH]1. The van der Waals surface area contributed by atoms with Gasteiger partial charge in [0.05, 0.1) is 0 Å². The summed E-state index contributed by atoms with van der Waals surface area (Å²) < 4.78 is 18.3. The quantitative estimate of drug-likeness (QED) is 0.768. The molecule has 0 aliphatic carbocycles. The third kappa shape index (κ3) is 4.94. The molecule has 6 nitrogen and oxygen atoms in total. The summed E-state index contributed by atoms with van der Waals surface area (Å²) >= 11 is 6.10. The van der Waals surface area contributed by atoms with Crippen molar-refractivity contribution in [3.63, 3.8) is 0 Å². The fourth-order valence-corrected chi connectivity index (χ4v) is 2.99. The zero-order chi connectivity index (χ0) is 17.7. The maximum atomic E-state index is 13.1. The molecule has 1 aromatic heterocycles. The van der Waals surface area contributed by atoms with Gasteiger partial charge < -0.3 is 14.9 Å². The van der Waals surface area contributed by atoms with E-state index in [9.17, 15) is 9.18 Å². The topological polar surface area (TPSA) is 95.3 Å². The Hall–Kier alpha value is -2.12. The second-order valence-electron chi connectivity index (χ2n) is 5.53. The molecule has 1 saturated heterocycles. The first-order chi connectivity index (χ1) is 11.4. The summed E-state index contributed by atoms with van der Waals surface area (Å²) in [5.74, 6) is -0.358. The number of benzene rings is 1. The molecule has 1 aromatic carbocycles. The standard InChI is InChI=1S/C14H14ClFN2O2.C2H4O2/c15-11-6-9(16)1-2-10(11)12-5-8(3-4-17-12)13-7-14(19)18-20-13;1-2(3)4/h1-2,6-8,12,17H,3-5H2,(H,18,19);1H3,(H,3,4)/t8-,12-;/m1./s1. The van der Waals surface area contributed by atoms with E-state index in [2.05, 4.69) is 10.5 Å². The summed E-state index contributed by atoms with van der Waals surface area (Å²) in [5.41, 5.74) is 0.644. The number of piperidine rings is 1. The maximum absolute atomic E-state index is 13.1. The van der Waals surface area contributed by atoms with E-state index in [1.165, 1.54) is 18.2 Å². The predicted molar refractivity (Wildman–Crippen MR) is 86.8 cm³/mol. The van der Waals surface area contributed by atoms with Gasteiger partial charge in [0.1, 0.15) is 11.6 Å². The molecule has 0 amide bonds. The Balaban J connectivity index is 0.000000471. The average molecular weight is 357 g/mol. The van der Waals surface area contributed by atoms with Crippen molar-refractivity contribution in [1.82, 2.24) is 10.5 Å². The molecule has 1 aliphatic rings. The van der Waals surface area contributed by atoms with Crippen molar-refractivity contribution in [2.24, 2.45) is 0 Å². The molecular weight excluding hydrogens is 339 g/mol. The minimum absolute atomic E-state index is 0.0297. The summed E-state index contributed by atoms with van der Waals surface area (Å²) in [4.78, 5) is 20.1. The van der Waals surface area contributed by atoms with Crippen LogP contribution in [0.3, 0.4) is 0 Å². The summed E-state index contributed by atoms with van der Waals surface area (Å²) in [5, 5.41) is 13.5. The molecule has 1 fully saturated rings. The first kappa shape index (κ1) is 18.2. The van der Waals surface area contributed by atoms with Gasteiger partial charge in [-0.3, -0.25) is 9.59 Å². The van der Waals surface area contributed by atoms with E-state index in [4.69, 9.17) is 26.0 Å². The van der Waals surface area contributed by atoms with Gasteiger partial charge in [0.25, 0.3) is 11.5 Å². The first-order valence-electron chi connectivity index (χ1n) is 7.43. The third-order valence-corrected chi connectivity index (χ3v) is 4.01. The van der Waals surface area contributed by atoms with E-state index in [1.807, 2.05) is 0 Å². The van der Waals surface area contributed by atoms with Gasteiger partial charge in [-0.2, -0.15) is 5.16 Å². The van der Waals surface area contributed by atoms with E-state index in [0.717, 1.165) is 31.9 Å². The van der Waals surface area contributed by atoms with Crippen molar-refractivity contribution in [3.05, 3.63) is 56.8 Å². The number of aliphatic carboxylic acids is 1. The first-order valence-corrected chi connectivity index (χ1v) is 7.81. The van der Waals surface area contributed by atoms with E-state index in [1.54, 1.807) is 6.07 Å². The van der Waals surface area contributed by atoms with Gasteiger partial charge in [0.15, 0.2) is 0 Å². The number of H-pyrrole nitrogens is 1. The minimum atomic E-state index is -0.833. The van der Waals surface area contributed by atoms with E-state index >= 15 is 0 Å². The number of rotatable bonds is 2. The van der Waals surface area contributed by atoms with Gasteiger partial charge in [-0.15, -0.1) is 0 Å². The van der Waals surface area contributed by atoms with Crippen LogP contribution in [-0.4, -0.2) is 22.8 Å². The summed E-state index contributed by atoms with van der Waals surface area (Å²) in [6.07, 6.45) is 1.64. The molecule has 2 atom stereocenters. The average Bonchev–Trinajstić information content (AvgIpc) is 2.93. The van der Waals surface area contributed by atoms with Crippen LogP contribution in [0.1, 0.15) is 43.0 Å². The van der Waals surface area contributed by atoms with E-state index in [-0.39, 0.29) is 23.3 Å². The Morgan fingerprint density at radius 2 is 2.12 bits per heavy atom. The second kappa shape index (κ2) is 8.12. The number of aromatic nitrogens is 1. The van der Waals surface area contributed by atoms with Crippen LogP contribution in [0, 0.1) is 5.82 Å². The van der Waals surface area contributed by atoms with Crippen LogP contribution in [0.5, 0.6) is 0 Å². The fraction of sp³-hybridized carbons (Fsp3) is 0.375. The molecule has 0 saturated carbocycles. The highest BCUT2D eigenvalue weighted by atomic mass is 35.5. The normalized spacial score (nSPS) is 20.1. The molecule has 2 aromatic rings. The highest BCUT2D eigenvalue weighted by Gasteiger charge is 2.27. The third-order valence-electron chi connectivity index (χ3n) is 3.69. The number of hydrogen-bond donors (Lipinski definition) is 3. The number of carbonyl (C=O) groups is 1. The molecule has 8 heteroatoms. The Labute approximate surface area is 142 Å². The Bertz CT molecular complexity index is 755. The molecule has 0 spiro atoms. The molecular formula is C16H18ClFN2O4. The predicted octanol–water partition coefficient (Wildman–Crippen LogP) is 3.06. The van der Waals surface area contributed by atoms with Gasteiger partial charge in [0.2, 0.25) is 0 Å². The van der Waals surface area contributed by atoms with Crippen LogP contribution < -0.4 is 10.9 Å². The number of carboxylic acid groups (broad SMARTS) is 1. The number of carboxylic acids is 1. The highest BCUT2D eigenvalue weighted by Crippen LogP contribution is 2.36. The van der Waals surface area contributed by atoms with Crippen LogP contribution in [0.4, 0.5) is 4.39 Å². The van der Waals surface area contributed by atoms with Crippen molar-refractivity contribution in [2.75, 3.05) is 6.54 Å². The zero-order valence-corrected chi connectivity index (χ0v) is 13.8. The molecule has 0 bridgehead atoms. The fourth-order valence-electron chi connectivity index (χ4n) is 2.70. The molecule has 2 heterocycles. The lowest BCUT2D eigenvalue weighted by molar-refractivity contribution is -0.134. The van der Waals surface area contributed by atoms with Crippen molar-refractivity contribution in [2.45, 2.75) is 31.7 Å². The number of halogens is 2. The summed E-state index contributed by atoms with van der Waals surface area (Å²) in [7, 11) is 0. The van der Waals surface area contributed by atoms with Gasteiger partial charge in [0, 0.05) is 30.0 Å². The van der Waals surface area contributed by atoms with Crippen LogP contribution in [0.2, 0.25) is 5.02 Å². The minimum Gasteiger partial charge on any atom is -0.481 e. The van der Waals surface area contributed by atoms with Crippen molar-refractivity contribution in [3.8, 4) is 0 Å². The van der Waals surface area contributed by atoms with Crippen molar-refractivity contribution < 1.29 is 18.8 Å². The number of aromatic amines is 1. The highest BCUT2D eigenvalue weighted by molar-refractivity contribution is 6.31. The summed E-state index contributed by atoms with van der Waals surface area (Å²) in [6.45, 7) is 1.87. The number of nitrogens with one attached hydrogen (secondary N) is 2. The van der Waals surface area contributed by atoms with Gasteiger partial charge in [-0.25, -0.2) is 4.39 Å². The second-order valence-corrected chi connectivity index (χ2v) is 5.94. The number of hydrogen-bond acceptors (Lipinski definition) is 4. The van der Waals surface area contributed by atoms with Gasteiger partial charge in [-0.05, 0) is 37.1 Å². The lowest BCUT2D eigenvalue weighted by Crippen LogP contribution is -2.31. The lowest BCUT2D eigenvalue weighted by atomic mass is 9.87. The molecule has 0 unspecified atom stereocenters. The molecule has 1 aliphatic heterocycles. The molecule has 3 rings (SSSR count). The smallest absolute Gasteiger partial charge is 0.300 e. The van der Waals surface area contributed by atoms with Crippen LogP contribution in [0.25, 0.3) is 0 Å². The van der Waals surface area contributed by atoms with Gasteiger partial charge in [-0.1, -0.05) is 17.7 Å². The van der Waals surface area contributed by atoms with Gasteiger partial charge >= 0.3 is 0 Å². The lowest BCUT2D eigenvalue weighted by Gasteiger charge is -2.29. The van der Waals surface area contributed by atoms with Crippen LogP contribution in [0.15, 0.2) is 33.6 Å². The Kier molecular flexibility index (Phi) is 6.16. The molecule has 0 radical (unpaired) electrons. The Morgan fingerprint density at radius 3 is 2.71 bits per heavy atom. The summed E-state index contributed by atoms with van der Waals surface area (Å²) in [6, 6.07) is 5.94. The maximum Gasteiger partial charge on any atom is 0.300 e.